The van der Waals surface area contributed by atoms with Crippen LogP contribution < -0.4 is 5.32 Å². The average molecular weight is 746 g/mol. The van der Waals surface area contributed by atoms with Gasteiger partial charge in [-0.15, -0.1) is 0 Å². The van der Waals surface area contributed by atoms with Crippen LogP contribution in [0.15, 0.2) is 36.5 Å². The molecule has 0 aromatic heterocycles. The minimum absolute atomic E-state index is 0.0572. The lowest BCUT2D eigenvalue weighted by Gasteiger charge is -2.24. The molecule has 310 valence electrons. The Bertz CT molecular complexity index is 884. The Morgan fingerprint density at radius 2 is 0.962 bits per heavy atom. The number of unbranched alkanes of at least 4 members (excludes halogenated alkanes) is 24. The van der Waals surface area contributed by atoms with Crippen molar-refractivity contribution in [2.75, 3.05) is 6.61 Å². The normalized spacial score (nSPS) is 13.7. The number of ether oxygens (including phenoxy) is 1. The summed E-state index contributed by atoms with van der Waals surface area (Å²) < 4.78 is 5.87. The van der Waals surface area contributed by atoms with E-state index in [0.29, 0.717) is 19.3 Å². The molecule has 0 aliphatic heterocycles. The lowest BCUT2D eigenvalue weighted by atomic mass is 10.0. The van der Waals surface area contributed by atoms with E-state index >= 15 is 0 Å². The van der Waals surface area contributed by atoms with Gasteiger partial charge in [-0.3, -0.25) is 9.59 Å². The highest BCUT2D eigenvalue weighted by Gasteiger charge is 2.24. The van der Waals surface area contributed by atoms with Gasteiger partial charge in [0.25, 0.3) is 0 Å². The van der Waals surface area contributed by atoms with Gasteiger partial charge >= 0.3 is 5.97 Å². The SMILES string of the molecule is CCCCCCC/C=C/C=C/C=C/CCCCCC(CC(=O)NC(CO)C(O)CCCCCCCCCCC)OC(=O)CCCCCCCCCCC. The monoisotopic (exact) mass is 746 g/mol. The van der Waals surface area contributed by atoms with Gasteiger partial charge in [0.1, 0.15) is 6.10 Å². The number of hydrogen-bond acceptors (Lipinski definition) is 5. The molecule has 0 aromatic carbocycles. The molecule has 0 rings (SSSR count). The fourth-order valence-corrected chi connectivity index (χ4v) is 6.78. The van der Waals surface area contributed by atoms with E-state index in [9.17, 15) is 19.8 Å². The Labute approximate surface area is 328 Å². The Morgan fingerprint density at radius 3 is 1.45 bits per heavy atom. The molecule has 0 fully saturated rings. The third-order valence-corrected chi connectivity index (χ3v) is 10.3. The molecule has 0 aromatic rings. The third kappa shape index (κ3) is 36.8. The third-order valence-electron chi connectivity index (χ3n) is 10.3. The van der Waals surface area contributed by atoms with Crippen LogP contribution in [0.25, 0.3) is 0 Å². The number of aliphatic hydroxyl groups excluding tert-OH is 2. The largest absolute Gasteiger partial charge is 0.462 e. The molecule has 0 saturated heterocycles. The van der Waals surface area contributed by atoms with Crippen molar-refractivity contribution in [3.63, 3.8) is 0 Å². The molecular weight excluding hydrogens is 659 g/mol. The van der Waals surface area contributed by atoms with Crippen molar-refractivity contribution in [3.05, 3.63) is 36.5 Å². The highest BCUT2D eigenvalue weighted by atomic mass is 16.5. The maximum Gasteiger partial charge on any atom is 0.306 e. The summed E-state index contributed by atoms with van der Waals surface area (Å²) >= 11 is 0. The first-order valence-electron chi connectivity index (χ1n) is 22.7. The van der Waals surface area contributed by atoms with Crippen molar-refractivity contribution >= 4 is 11.9 Å². The lowest BCUT2D eigenvalue weighted by Crippen LogP contribution is -2.46. The number of esters is 1. The molecule has 1 amide bonds. The number of nitrogens with one attached hydrogen (secondary N) is 1. The van der Waals surface area contributed by atoms with Crippen molar-refractivity contribution in [2.24, 2.45) is 0 Å². The zero-order valence-corrected chi connectivity index (χ0v) is 35.1. The molecule has 53 heavy (non-hydrogen) atoms. The quantitative estimate of drug-likeness (QED) is 0.0330. The van der Waals surface area contributed by atoms with E-state index in [1.807, 2.05) is 0 Å². The van der Waals surface area contributed by atoms with Gasteiger partial charge in [0.05, 0.1) is 25.2 Å². The highest BCUT2D eigenvalue weighted by Crippen LogP contribution is 2.17. The number of hydrogen-bond donors (Lipinski definition) is 3. The number of allylic oxidation sites excluding steroid dienone is 6. The smallest absolute Gasteiger partial charge is 0.306 e. The summed E-state index contributed by atoms with van der Waals surface area (Å²) in [6.07, 6.45) is 46.3. The molecule has 6 heteroatoms. The first-order chi connectivity index (χ1) is 26.0. The molecule has 0 saturated carbocycles. The lowest BCUT2D eigenvalue weighted by molar-refractivity contribution is -0.151. The average Bonchev–Trinajstić information content (AvgIpc) is 3.15. The van der Waals surface area contributed by atoms with Crippen LogP contribution in [0.3, 0.4) is 0 Å². The molecule has 0 radical (unpaired) electrons. The number of amides is 1. The minimum atomic E-state index is -0.791. The van der Waals surface area contributed by atoms with Crippen molar-refractivity contribution in [1.82, 2.24) is 5.32 Å². The van der Waals surface area contributed by atoms with Crippen LogP contribution >= 0.6 is 0 Å². The molecule has 3 N–H and O–H groups in total. The maximum atomic E-state index is 13.1. The zero-order chi connectivity index (χ0) is 38.9. The van der Waals surface area contributed by atoms with E-state index in [0.717, 1.165) is 70.6 Å². The fourth-order valence-electron chi connectivity index (χ4n) is 6.78. The second kappa shape index (κ2) is 41.2. The van der Waals surface area contributed by atoms with E-state index in [-0.39, 0.29) is 24.9 Å². The Balaban J connectivity index is 4.67. The first-order valence-corrected chi connectivity index (χ1v) is 22.7. The Kier molecular flexibility index (Phi) is 39.8. The van der Waals surface area contributed by atoms with Crippen LogP contribution in [-0.4, -0.2) is 46.9 Å². The van der Waals surface area contributed by atoms with Crippen molar-refractivity contribution in [3.8, 4) is 0 Å². The zero-order valence-electron chi connectivity index (χ0n) is 35.1. The summed E-state index contributed by atoms with van der Waals surface area (Å²) in [5, 5.41) is 23.5. The van der Waals surface area contributed by atoms with E-state index in [2.05, 4.69) is 62.5 Å². The van der Waals surface area contributed by atoms with Gasteiger partial charge in [-0.05, 0) is 51.4 Å². The van der Waals surface area contributed by atoms with E-state index < -0.39 is 18.2 Å². The van der Waals surface area contributed by atoms with Crippen LogP contribution in [0.5, 0.6) is 0 Å². The van der Waals surface area contributed by atoms with Crippen LogP contribution in [-0.2, 0) is 14.3 Å². The van der Waals surface area contributed by atoms with E-state index in [4.69, 9.17) is 4.74 Å². The summed E-state index contributed by atoms with van der Waals surface area (Å²) in [5.74, 6) is -0.508. The van der Waals surface area contributed by atoms with Crippen molar-refractivity contribution in [2.45, 2.75) is 244 Å². The van der Waals surface area contributed by atoms with Gasteiger partial charge in [0.15, 0.2) is 0 Å². The number of rotatable bonds is 40. The highest BCUT2D eigenvalue weighted by molar-refractivity contribution is 5.77. The molecule has 0 spiro atoms. The van der Waals surface area contributed by atoms with Gasteiger partial charge in [0, 0.05) is 6.42 Å². The van der Waals surface area contributed by atoms with Crippen molar-refractivity contribution in [1.29, 1.82) is 0 Å². The summed E-state index contributed by atoms with van der Waals surface area (Å²) in [6, 6.07) is -0.707. The van der Waals surface area contributed by atoms with Gasteiger partial charge in [-0.1, -0.05) is 198 Å². The van der Waals surface area contributed by atoms with Gasteiger partial charge in [-0.2, -0.15) is 0 Å². The summed E-state index contributed by atoms with van der Waals surface area (Å²) in [4.78, 5) is 25.9. The predicted molar refractivity (Wildman–Crippen MR) is 227 cm³/mol. The second-order valence-electron chi connectivity index (χ2n) is 15.5. The molecule has 3 atom stereocenters. The molecule has 0 heterocycles. The summed E-state index contributed by atoms with van der Waals surface area (Å²) in [7, 11) is 0. The molecule has 0 aliphatic carbocycles. The fraction of sp³-hybridized carbons (Fsp3) is 0.830. The molecule has 0 aliphatic rings. The summed E-state index contributed by atoms with van der Waals surface area (Å²) in [5.41, 5.74) is 0. The van der Waals surface area contributed by atoms with E-state index in [1.165, 1.54) is 109 Å². The van der Waals surface area contributed by atoms with Gasteiger partial charge < -0.3 is 20.3 Å². The number of aliphatic hydroxyl groups is 2. The Morgan fingerprint density at radius 1 is 0.547 bits per heavy atom. The topological polar surface area (TPSA) is 95.9 Å². The minimum Gasteiger partial charge on any atom is -0.462 e. The van der Waals surface area contributed by atoms with Gasteiger partial charge in [0.2, 0.25) is 5.91 Å². The standard InChI is InChI=1S/C47H87NO5/c1-4-7-10-13-16-19-20-21-22-23-24-25-28-29-32-35-38-43(53-47(52)40-37-34-31-27-18-15-12-9-6-3)41-46(51)48-44(42-49)45(50)39-36-33-30-26-17-14-11-8-5-2/h20-25,43-45,49-50H,4-19,26-42H2,1-3H3,(H,48,51)/b21-20+,23-22+,25-24+. The summed E-state index contributed by atoms with van der Waals surface area (Å²) in [6.45, 7) is 6.41. The second-order valence-corrected chi connectivity index (χ2v) is 15.5. The first kappa shape index (κ1) is 51.1. The Hall–Kier alpha value is -1.92. The molecule has 6 nitrogen and oxygen atoms in total. The van der Waals surface area contributed by atoms with Crippen molar-refractivity contribution < 1.29 is 24.5 Å². The molecule has 3 unspecified atom stereocenters. The predicted octanol–water partition coefficient (Wildman–Crippen LogP) is 12.9. The van der Waals surface area contributed by atoms with Gasteiger partial charge in [-0.25, -0.2) is 0 Å². The number of carbonyl (C=O) groups is 2. The number of carbonyl (C=O) groups excluding carboxylic acids is 2. The van der Waals surface area contributed by atoms with Crippen LogP contribution in [0.1, 0.15) is 226 Å². The van der Waals surface area contributed by atoms with Crippen LogP contribution in [0.4, 0.5) is 0 Å². The molecule has 0 bridgehead atoms. The van der Waals surface area contributed by atoms with Crippen LogP contribution in [0.2, 0.25) is 0 Å². The maximum absolute atomic E-state index is 13.1. The molecular formula is C47H87NO5. The van der Waals surface area contributed by atoms with E-state index in [1.54, 1.807) is 0 Å². The van der Waals surface area contributed by atoms with Crippen LogP contribution in [0, 0.1) is 0 Å².